The molecule has 1 aromatic heterocycles. The number of aromatic amines is 1. The topological polar surface area (TPSA) is 57.8 Å². The summed E-state index contributed by atoms with van der Waals surface area (Å²) in [4.78, 5) is 19.8. The van der Waals surface area contributed by atoms with Gasteiger partial charge in [0.25, 0.3) is 0 Å². The van der Waals surface area contributed by atoms with Crippen LogP contribution in [0.15, 0.2) is 41.6 Å². The van der Waals surface area contributed by atoms with E-state index in [-0.39, 0.29) is 5.91 Å². The average Bonchev–Trinajstić information content (AvgIpc) is 2.90. The van der Waals surface area contributed by atoms with Gasteiger partial charge in [0.1, 0.15) is 0 Å². The summed E-state index contributed by atoms with van der Waals surface area (Å²) in [6.45, 7) is 3.95. The number of H-pyrrole nitrogens is 1. The zero-order valence-electron chi connectivity index (χ0n) is 12.8. The van der Waals surface area contributed by atoms with Crippen LogP contribution in [-0.2, 0) is 4.79 Å². The molecule has 1 heterocycles. The Kier molecular flexibility index (Phi) is 4.59. The summed E-state index contributed by atoms with van der Waals surface area (Å²) in [5.41, 5.74) is 4.79. The van der Waals surface area contributed by atoms with Crippen molar-refractivity contribution in [1.82, 2.24) is 9.97 Å². The van der Waals surface area contributed by atoms with Gasteiger partial charge in [-0.25, -0.2) is 4.98 Å². The summed E-state index contributed by atoms with van der Waals surface area (Å²) in [6.07, 6.45) is 0. The summed E-state index contributed by atoms with van der Waals surface area (Å²) in [7, 11) is 0. The third kappa shape index (κ3) is 3.86. The molecular weight excluding hydrogens is 330 g/mol. The number of aromatic nitrogens is 2. The molecule has 0 saturated carbocycles. The number of nitrogens with one attached hydrogen (secondary N) is 2. The van der Waals surface area contributed by atoms with Crippen molar-refractivity contribution in [2.75, 3.05) is 11.1 Å². The molecule has 1 amide bonds. The van der Waals surface area contributed by atoms with E-state index >= 15 is 0 Å². The Hall–Kier alpha value is -1.98. The Balaban J connectivity index is 1.63. The number of carbonyl (C=O) groups excluding carboxylic acids is 1. The number of hydrogen-bond donors (Lipinski definition) is 2. The molecule has 0 spiro atoms. The van der Waals surface area contributed by atoms with Gasteiger partial charge in [-0.2, -0.15) is 0 Å². The van der Waals surface area contributed by atoms with Crippen molar-refractivity contribution >= 4 is 46.0 Å². The number of hydrogen-bond acceptors (Lipinski definition) is 3. The Morgan fingerprint density at radius 3 is 2.87 bits per heavy atom. The molecule has 0 radical (unpaired) electrons. The highest BCUT2D eigenvalue weighted by Crippen LogP contribution is 2.22. The van der Waals surface area contributed by atoms with E-state index in [0.717, 1.165) is 27.4 Å². The molecule has 0 aliphatic heterocycles. The van der Waals surface area contributed by atoms with Crippen LogP contribution < -0.4 is 5.32 Å². The first-order chi connectivity index (χ1) is 11.0. The Bertz CT molecular complexity index is 875. The lowest BCUT2D eigenvalue weighted by Gasteiger charge is -2.07. The number of thioether (sulfide) groups is 1. The summed E-state index contributed by atoms with van der Waals surface area (Å²) >= 11 is 7.30. The van der Waals surface area contributed by atoms with Gasteiger partial charge >= 0.3 is 0 Å². The highest BCUT2D eigenvalue weighted by molar-refractivity contribution is 7.99. The second kappa shape index (κ2) is 6.64. The molecular formula is C17H16ClN3OS. The molecule has 0 aliphatic carbocycles. The number of anilines is 1. The standard InChI is InChI=1S/C17H16ClN3OS/c1-10-3-5-14-15(7-10)21-17(20-14)23-9-16(22)19-13-6-4-12(18)8-11(13)2/h3-8H,9H2,1-2H3,(H,19,22)(H,20,21). The van der Waals surface area contributed by atoms with Gasteiger partial charge in [-0.3, -0.25) is 4.79 Å². The van der Waals surface area contributed by atoms with E-state index in [1.807, 2.05) is 44.2 Å². The third-order valence-corrected chi connectivity index (χ3v) is 4.53. The largest absolute Gasteiger partial charge is 0.333 e. The normalized spacial score (nSPS) is 10.9. The van der Waals surface area contributed by atoms with Gasteiger partial charge in [0, 0.05) is 10.7 Å². The minimum atomic E-state index is -0.0722. The van der Waals surface area contributed by atoms with E-state index in [0.29, 0.717) is 10.8 Å². The Morgan fingerprint density at radius 2 is 2.09 bits per heavy atom. The number of carbonyl (C=O) groups is 1. The maximum absolute atomic E-state index is 12.1. The molecule has 4 nitrogen and oxygen atoms in total. The van der Waals surface area contributed by atoms with Gasteiger partial charge in [0.05, 0.1) is 16.8 Å². The summed E-state index contributed by atoms with van der Waals surface area (Å²) in [5.74, 6) is 0.220. The lowest BCUT2D eigenvalue weighted by Crippen LogP contribution is -2.14. The van der Waals surface area contributed by atoms with Crippen LogP contribution in [0.3, 0.4) is 0 Å². The Morgan fingerprint density at radius 1 is 1.26 bits per heavy atom. The van der Waals surface area contributed by atoms with E-state index in [1.54, 1.807) is 6.07 Å². The second-order valence-electron chi connectivity index (χ2n) is 5.36. The van der Waals surface area contributed by atoms with Crippen LogP contribution in [0, 0.1) is 13.8 Å². The van der Waals surface area contributed by atoms with Crippen molar-refractivity contribution in [3.8, 4) is 0 Å². The predicted octanol–water partition coefficient (Wildman–Crippen LogP) is 4.56. The summed E-state index contributed by atoms with van der Waals surface area (Å²) in [5, 5.41) is 4.29. The minimum absolute atomic E-state index is 0.0722. The molecule has 3 rings (SSSR count). The number of amides is 1. The molecule has 6 heteroatoms. The lowest BCUT2D eigenvalue weighted by molar-refractivity contribution is -0.113. The molecule has 0 fully saturated rings. The Labute approximate surface area is 143 Å². The predicted molar refractivity (Wildman–Crippen MR) is 96.4 cm³/mol. The van der Waals surface area contributed by atoms with Crippen molar-refractivity contribution in [3.05, 3.63) is 52.5 Å². The van der Waals surface area contributed by atoms with Crippen LogP contribution in [0.25, 0.3) is 11.0 Å². The number of rotatable bonds is 4. The first-order valence-electron chi connectivity index (χ1n) is 7.16. The van der Waals surface area contributed by atoms with Gasteiger partial charge in [0.15, 0.2) is 5.16 Å². The minimum Gasteiger partial charge on any atom is -0.333 e. The van der Waals surface area contributed by atoms with Crippen LogP contribution >= 0.6 is 23.4 Å². The average molecular weight is 346 g/mol. The van der Waals surface area contributed by atoms with Crippen molar-refractivity contribution in [1.29, 1.82) is 0 Å². The van der Waals surface area contributed by atoms with Crippen molar-refractivity contribution in [2.45, 2.75) is 19.0 Å². The summed E-state index contributed by atoms with van der Waals surface area (Å²) in [6, 6.07) is 11.4. The monoisotopic (exact) mass is 345 g/mol. The van der Waals surface area contributed by atoms with E-state index in [2.05, 4.69) is 15.3 Å². The molecule has 0 saturated heterocycles. The van der Waals surface area contributed by atoms with Crippen LogP contribution in [-0.4, -0.2) is 21.6 Å². The van der Waals surface area contributed by atoms with E-state index in [4.69, 9.17) is 11.6 Å². The maximum atomic E-state index is 12.1. The van der Waals surface area contributed by atoms with Gasteiger partial charge in [-0.15, -0.1) is 0 Å². The number of nitrogens with zero attached hydrogens (tertiary/aromatic N) is 1. The van der Waals surface area contributed by atoms with Gasteiger partial charge < -0.3 is 10.3 Å². The van der Waals surface area contributed by atoms with E-state index < -0.39 is 0 Å². The number of benzene rings is 2. The zero-order chi connectivity index (χ0) is 16.4. The first-order valence-corrected chi connectivity index (χ1v) is 8.53. The molecule has 0 atom stereocenters. The SMILES string of the molecule is Cc1ccc2nc(SCC(=O)Nc3ccc(Cl)cc3C)[nH]c2c1. The third-order valence-electron chi connectivity index (χ3n) is 3.42. The fourth-order valence-electron chi connectivity index (χ4n) is 2.26. The van der Waals surface area contributed by atoms with Crippen LogP contribution in [0.4, 0.5) is 5.69 Å². The van der Waals surface area contributed by atoms with Crippen molar-refractivity contribution < 1.29 is 4.79 Å². The summed E-state index contributed by atoms with van der Waals surface area (Å²) < 4.78 is 0. The molecule has 0 aliphatic rings. The molecule has 23 heavy (non-hydrogen) atoms. The van der Waals surface area contributed by atoms with E-state index in [9.17, 15) is 4.79 Å². The van der Waals surface area contributed by atoms with Crippen LogP contribution in [0.5, 0.6) is 0 Å². The lowest BCUT2D eigenvalue weighted by atomic mass is 10.2. The number of aryl methyl sites for hydroxylation is 2. The zero-order valence-corrected chi connectivity index (χ0v) is 14.4. The fourth-order valence-corrected chi connectivity index (χ4v) is 3.17. The second-order valence-corrected chi connectivity index (χ2v) is 6.76. The smallest absolute Gasteiger partial charge is 0.234 e. The molecule has 2 N–H and O–H groups in total. The molecule has 0 unspecified atom stereocenters. The van der Waals surface area contributed by atoms with Crippen LogP contribution in [0.1, 0.15) is 11.1 Å². The van der Waals surface area contributed by atoms with Gasteiger partial charge in [-0.05, 0) is 55.3 Å². The highest BCUT2D eigenvalue weighted by Gasteiger charge is 2.09. The quantitative estimate of drug-likeness (QED) is 0.681. The fraction of sp³-hybridized carbons (Fsp3) is 0.176. The van der Waals surface area contributed by atoms with E-state index in [1.165, 1.54) is 17.3 Å². The molecule has 2 aromatic carbocycles. The maximum Gasteiger partial charge on any atom is 0.234 e. The first kappa shape index (κ1) is 15.9. The van der Waals surface area contributed by atoms with Crippen molar-refractivity contribution in [3.63, 3.8) is 0 Å². The molecule has 0 bridgehead atoms. The van der Waals surface area contributed by atoms with Gasteiger partial charge in [-0.1, -0.05) is 29.4 Å². The van der Waals surface area contributed by atoms with Crippen molar-refractivity contribution in [2.24, 2.45) is 0 Å². The van der Waals surface area contributed by atoms with Gasteiger partial charge in [0.2, 0.25) is 5.91 Å². The molecule has 3 aromatic rings. The highest BCUT2D eigenvalue weighted by atomic mass is 35.5. The number of halogens is 1. The van der Waals surface area contributed by atoms with Crippen LogP contribution in [0.2, 0.25) is 5.02 Å². The number of imidazole rings is 1. The number of fused-ring (bicyclic) bond motifs is 1. The molecule has 118 valence electrons.